The lowest BCUT2D eigenvalue weighted by Gasteiger charge is -2.08. The zero-order chi connectivity index (χ0) is 12.7. The molecule has 2 N–H and O–H groups in total. The minimum absolute atomic E-state index is 0.0942. The van der Waals surface area contributed by atoms with Gasteiger partial charge in [-0.3, -0.25) is 9.48 Å². The summed E-state index contributed by atoms with van der Waals surface area (Å²) in [5.74, 6) is 0.0942. The second-order valence-corrected chi connectivity index (χ2v) is 4.35. The zero-order valence-corrected chi connectivity index (χ0v) is 10.9. The summed E-state index contributed by atoms with van der Waals surface area (Å²) < 4.78 is 1.89. The highest BCUT2D eigenvalue weighted by Crippen LogP contribution is 1.96. The van der Waals surface area contributed by atoms with Crippen molar-refractivity contribution in [2.24, 2.45) is 0 Å². The fourth-order valence-corrected chi connectivity index (χ4v) is 1.50. The Kier molecular flexibility index (Phi) is 5.69. The molecule has 0 unspecified atom stereocenters. The van der Waals surface area contributed by atoms with Crippen molar-refractivity contribution in [1.29, 1.82) is 0 Å². The van der Waals surface area contributed by atoms with E-state index in [0.717, 1.165) is 18.7 Å². The lowest BCUT2D eigenvalue weighted by Crippen LogP contribution is -2.32. The minimum Gasteiger partial charge on any atom is -0.354 e. The van der Waals surface area contributed by atoms with Crippen LogP contribution in [-0.4, -0.2) is 28.3 Å². The predicted octanol–water partition coefficient (Wildman–Crippen LogP) is 0.907. The maximum atomic E-state index is 11.3. The van der Waals surface area contributed by atoms with Crippen LogP contribution < -0.4 is 10.6 Å². The predicted molar refractivity (Wildman–Crippen MR) is 67.5 cm³/mol. The third kappa shape index (κ3) is 5.49. The van der Waals surface area contributed by atoms with Crippen molar-refractivity contribution in [2.45, 2.75) is 46.3 Å². The Labute approximate surface area is 103 Å². The quantitative estimate of drug-likeness (QED) is 0.694. The Morgan fingerprint density at radius 2 is 2.29 bits per heavy atom. The normalized spacial score (nSPS) is 10.8. The molecule has 0 aliphatic carbocycles. The molecule has 0 atom stereocenters. The molecule has 0 aromatic carbocycles. The number of amides is 1. The third-order valence-electron chi connectivity index (χ3n) is 2.32. The smallest absolute Gasteiger partial charge is 0.221 e. The number of nitrogens with zero attached hydrogens (tertiary/aromatic N) is 2. The largest absolute Gasteiger partial charge is 0.354 e. The van der Waals surface area contributed by atoms with E-state index in [0.29, 0.717) is 13.0 Å². The molecule has 1 aromatic rings. The summed E-state index contributed by atoms with van der Waals surface area (Å²) in [6.45, 7) is 8.32. The van der Waals surface area contributed by atoms with E-state index in [1.54, 1.807) is 0 Å². The van der Waals surface area contributed by atoms with Gasteiger partial charge < -0.3 is 10.6 Å². The summed E-state index contributed by atoms with van der Waals surface area (Å²) >= 11 is 0. The van der Waals surface area contributed by atoms with Crippen molar-refractivity contribution in [3.05, 3.63) is 18.0 Å². The molecule has 0 aliphatic heterocycles. The number of carbonyl (C=O) groups is 1. The summed E-state index contributed by atoms with van der Waals surface area (Å²) in [4.78, 5) is 11.3. The number of hydrogen-bond donors (Lipinski definition) is 2. The molecule has 0 spiro atoms. The van der Waals surface area contributed by atoms with E-state index in [1.807, 2.05) is 30.9 Å². The van der Waals surface area contributed by atoms with Crippen LogP contribution in [0.4, 0.5) is 0 Å². The molecular formula is C12H22N4O. The molecular weight excluding hydrogens is 216 g/mol. The molecule has 5 nitrogen and oxygen atoms in total. The summed E-state index contributed by atoms with van der Waals surface area (Å²) in [6, 6.07) is 0.213. The van der Waals surface area contributed by atoms with E-state index in [1.165, 1.54) is 0 Å². The van der Waals surface area contributed by atoms with Crippen LogP contribution in [0.3, 0.4) is 0 Å². The summed E-state index contributed by atoms with van der Waals surface area (Å²) in [7, 11) is 0. The van der Waals surface area contributed by atoms with Gasteiger partial charge in [0.15, 0.2) is 0 Å². The van der Waals surface area contributed by atoms with Gasteiger partial charge in [-0.2, -0.15) is 5.10 Å². The van der Waals surface area contributed by atoms with Gasteiger partial charge in [0.1, 0.15) is 0 Å². The SMILES string of the molecule is CCn1cc(CNCCC(=O)NC(C)C)cn1. The van der Waals surface area contributed by atoms with Crippen LogP contribution in [0.1, 0.15) is 32.8 Å². The van der Waals surface area contributed by atoms with Gasteiger partial charge in [-0.15, -0.1) is 0 Å². The third-order valence-corrected chi connectivity index (χ3v) is 2.32. The number of carbonyl (C=O) groups excluding carboxylic acids is 1. The van der Waals surface area contributed by atoms with Gasteiger partial charge in [-0.1, -0.05) is 0 Å². The van der Waals surface area contributed by atoms with Crippen molar-refractivity contribution in [2.75, 3.05) is 6.54 Å². The fourth-order valence-electron chi connectivity index (χ4n) is 1.50. The Balaban J connectivity index is 2.13. The van der Waals surface area contributed by atoms with Crippen molar-refractivity contribution in [3.63, 3.8) is 0 Å². The molecule has 0 saturated heterocycles. The lowest BCUT2D eigenvalue weighted by atomic mass is 10.3. The van der Waals surface area contributed by atoms with Crippen LogP contribution in [0.25, 0.3) is 0 Å². The van der Waals surface area contributed by atoms with Gasteiger partial charge in [0.2, 0.25) is 5.91 Å². The van der Waals surface area contributed by atoms with E-state index < -0.39 is 0 Å². The van der Waals surface area contributed by atoms with Crippen LogP contribution in [0.15, 0.2) is 12.4 Å². The van der Waals surface area contributed by atoms with Crippen LogP contribution in [0.2, 0.25) is 0 Å². The van der Waals surface area contributed by atoms with Crippen molar-refractivity contribution in [3.8, 4) is 0 Å². The van der Waals surface area contributed by atoms with Crippen LogP contribution in [0, 0.1) is 0 Å². The van der Waals surface area contributed by atoms with E-state index in [9.17, 15) is 4.79 Å². The number of aromatic nitrogens is 2. The number of rotatable bonds is 7. The zero-order valence-electron chi connectivity index (χ0n) is 10.9. The Morgan fingerprint density at radius 1 is 1.53 bits per heavy atom. The molecule has 5 heteroatoms. The highest BCUT2D eigenvalue weighted by molar-refractivity contribution is 5.76. The summed E-state index contributed by atoms with van der Waals surface area (Å²) in [6.07, 6.45) is 4.38. The van der Waals surface area contributed by atoms with Gasteiger partial charge in [0, 0.05) is 43.9 Å². The maximum Gasteiger partial charge on any atom is 0.221 e. The molecule has 1 amide bonds. The lowest BCUT2D eigenvalue weighted by molar-refractivity contribution is -0.121. The first-order valence-corrected chi connectivity index (χ1v) is 6.13. The molecule has 1 aromatic heterocycles. The molecule has 17 heavy (non-hydrogen) atoms. The van der Waals surface area contributed by atoms with Crippen LogP contribution in [-0.2, 0) is 17.9 Å². The molecule has 1 heterocycles. The molecule has 0 radical (unpaired) electrons. The first kappa shape index (κ1) is 13.7. The Hall–Kier alpha value is -1.36. The topological polar surface area (TPSA) is 59.0 Å². The van der Waals surface area contributed by atoms with E-state index in [-0.39, 0.29) is 11.9 Å². The number of nitrogens with one attached hydrogen (secondary N) is 2. The first-order chi connectivity index (χ1) is 8.11. The molecule has 0 aliphatic rings. The van der Waals surface area contributed by atoms with Crippen LogP contribution in [0.5, 0.6) is 0 Å². The van der Waals surface area contributed by atoms with E-state index >= 15 is 0 Å². The second kappa shape index (κ2) is 7.06. The van der Waals surface area contributed by atoms with Gasteiger partial charge in [-0.25, -0.2) is 0 Å². The first-order valence-electron chi connectivity index (χ1n) is 6.13. The molecule has 0 bridgehead atoms. The highest BCUT2D eigenvalue weighted by atomic mass is 16.1. The highest BCUT2D eigenvalue weighted by Gasteiger charge is 2.02. The monoisotopic (exact) mass is 238 g/mol. The molecule has 1 rings (SSSR count). The average Bonchev–Trinajstić information content (AvgIpc) is 2.71. The number of aryl methyl sites for hydroxylation is 1. The summed E-state index contributed by atoms with van der Waals surface area (Å²) in [5.41, 5.74) is 1.15. The Bertz CT molecular complexity index is 346. The van der Waals surface area contributed by atoms with Crippen molar-refractivity contribution >= 4 is 5.91 Å². The van der Waals surface area contributed by atoms with E-state index in [4.69, 9.17) is 0 Å². The molecule has 96 valence electrons. The molecule has 0 saturated carbocycles. The fraction of sp³-hybridized carbons (Fsp3) is 0.667. The van der Waals surface area contributed by atoms with Gasteiger partial charge in [-0.05, 0) is 20.8 Å². The van der Waals surface area contributed by atoms with Gasteiger partial charge >= 0.3 is 0 Å². The van der Waals surface area contributed by atoms with Crippen molar-refractivity contribution in [1.82, 2.24) is 20.4 Å². The van der Waals surface area contributed by atoms with Crippen molar-refractivity contribution < 1.29 is 4.79 Å². The maximum absolute atomic E-state index is 11.3. The standard InChI is InChI=1S/C12H22N4O/c1-4-16-9-11(8-14-16)7-13-6-5-12(17)15-10(2)3/h8-10,13H,4-7H2,1-3H3,(H,15,17). The number of hydrogen-bond acceptors (Lipinski definition) is 3. The second-order valence-electron chi connectivity index (χ2n) is 4.35. The summed E-state index contributed by atoms with van der Waals surface area (Å²) in [5, 5.41) is 10.3. The molecule has 0 fully saturated rings. The minimum atomic E-state index is 0.0942. The van der Waals surface area contributed by atoms with Gasteiger partial charge in [0.25, 0.3) is 0 Å². The average molecular weight is 238 g/mol. The van der Waals surface area contributed by atoms with Gasteiger partial charge in [0.05, 0.1) is 6.20 Å². The van der Waals surface area contributed by atoms with Crippen LogP contribution >= 0.6 is 0 Å². The Morgan fingerprint density at radius 3 is 2.88 bits per heavy atom. The van der Waals surface area contributed by atoms with E-state index in [2.05, 4.69) is 22.7 Å².